The zero-order valence-electron chi connectivity index (χ0n) is 12.6. The second-order valence-electron chi connectivity index (χ2n) is 6.55. The van der Waals surface area contributed by atoms with Crippen molar-refractivity contribution in [3.8, 4) is 0 Å². The molecule has 114 valence electrons. The van der Waals surface area contributed by atoms with E-state index in [1.807, 2.05) is 12.1 Å². The molecule has 3 nitrogen and oxygen atoms in total. The van der Waals surface area contributed by atoms with Gasteiger partial charge in [-0.05, 0) is 73.4 Å². The van der Waals surface area contributed by atoms with Crippen LogP contribution in [0, 0.1) is 15.9 Å². The molecular weight excluding hydrogens is 375 g/mol. The number of hydrogen-bond donors (Lipinski definition) is 1. The quantitative estimate of drug-likeness (QED) is 0.737. The number of aryl methyl sites for hydroxylation is 1. The lowest BCUT2D eigenvalue weighted by Crippen LogP contribution is -2.52. The number of carbonyl (C=O) groups is 1. The summed E-state index contributed by atoms with van der Waals surface area (Å²) in [7, 11) is 0. The Morgan fingerprint density at radius 2 is 2.14 bits per heavy atom. The number of benzene rings is 1. The van der Waals surface area contributed by atoms with Crippen LogP contribution in [0.2, 0.25) is 0 Å². The van der Waals surface area contributed by atoms with Gasteiger partial charge in [-0.15, -0.1) is 0 Å². The molecule has 4 heteroatoms. The highest BCUT2D eigenvalue weighted by Gasteiger charge is 2.38. The third kappa shape index (κ3) is 3.11. The molecule has 2 heterocycles. The Balaban J connectivity index is 1.79. The molecule has 0 saturated carbocycles. The van der Waals surface area contributed by atoms with Gasteiger partial charge in [0, 0.05) is 28.6 Å². The number of piperidine rings is 2. The van der Waals surface area contributed by atoms with Gasteiger partial charge in [0.05, 0.1) is 5.56 Å². The Hall–Kier alpha value is -0.620. The van der Waals surface area contributed by atoms with Crippen molar-refractivity contribution in [2.24, 2.45) is 5.41 Å². The summed E-state index contributed by atoms with van der Waals surface area (Å²) >= 11 is 2.30. The molecule has 1 atom stereocenters. The summed E-state index contributed by atoms with van der Waals surface area (Å²) < 4.78 is 1.10. The molecule has 21 heavy (non-hydrogen) atoms. The summed E-state index contributed by atoms with van der Waals surface area (Å²) in [5.74, 6) is 0.216. The van der Waals surface area contributed by atoms with E-state index in [0.29, 0.717) is 5.41 Å². The van der Waals surface area contributed by atoms with Crippen molar-refractivity contribution in [1.29, 1.82) is 0 Å². The Morgan fingerprint density at radius 1 is 1.33 bits per heavy atom. The van der Waals surface area contributed by atoms with Crippen molar-refractivity contribution in [2.75, 3.05) is 26.2 Å². The molecule has 3 rings (SSSR count). The maximum absolute atomic E-state index is 12.9. The Bertz CT molecular complexity index is 532. The van der Waals surface area contributed by atoms with Gasteiger partial charge in [0.2, 0.25) is 0 Å². The van der Waals surface area contributed by atoms with Gasteiger partial charge in [-0.2, -0.15) is 0 Å². The molecular formula is C17H23IN2O. The summed E-state index contributed by atoms with van der Waals surface area (Å²) in [4.78, 5) is 15.0. The fraction of sp³-hybridized carbons (Fsp3) is 0.588. The van der Waals surface area contributed by atoms with Crippen LogP contribution < -0.4 is 5.32 Å². The SMILES string of the molecule is Cc1cccc(C(=O)N2CCCC3(CCCNC3)C2)c1I. The third-order valence-corrected chi connectivity index (χ3v) is 6.36. The molecule has 1 spiro atoms. The first-order chi connectivity index (χ1) is 10.1. The number of carbonyl (C=O) groups excluding carboxylic acids is 1. The van der Waals surface area contributed by atoms with Gasteiger partial charge in [0.25, 0.3) is 5.91 Å². The van der Waals surface area contributed by atoms with Crippen LogP contribution in [0.4, 0.5) is 0 Å². The molecule has 2 aliphatic heterocycles. The Morgan fingerprint density at radius 3 is 2.90 bits per heavy atom. The molecule has 2 aliphatic rings. The number of amides is 1. The minimum atomic E-state index is 0.216. The lowest BCUT2D eigenvalue weighted by Gasteiger charge is -2.45. The van der Waals surface area contributed by atoms with Crippen LogP contribution in [0.3, 0.4) is 0 Å². The number of likely N-dealkylation sites (tertiary alicyclic amines) is 1. The lowest BCUT2D eigenvalue weighted by atomic mass is 9.74. The normalized spacial score (nSPS) is 26.1. The maximum Gasteiger partial charge on any atom is 0.254 e. The predicted molar refractivity (Wildman–Crippen MR) is 93.6 cm³/mol. The molecule has 0 radical (unpaired) electrons. The molecule has 0 bridgehead atoms. The number of rotatable bonds is 1. The number of hydrogen-bond acceptors (Lipinski definition) is 2. The number of halogens is 1. The first-order valence-corrected chi connectivity index (χ1v) is 8.94. The fourth-order valence-electron chi connectivity index (χ4n) is 3.74. The van der Waals surface area contributed by atoms with E-state index in [2.05, 4.69) is 45.8 Å². The zero-order chi connectivity index (χ0) is 14.9. The van der Waals surface area contributed by atoms with Crippen molar-refractivity contribution in [1.82, 2.24) is 10.2 Å². The van der Waals surface area contributed by atoms with Crippen molar-refractivity contribution in [2.45, 2.75) is 32.6 Å². The van der Waals surface area contributed by atoms with E-state index in [1.54, 1.807) is 0 Å². The van der Waals surface area contributed by atoms with E-state index < -0.39 is 0 Å². The van der Waals surface area contributed by atoms with Crippen LogP contribution in [0.5, 0.6) is 0 Å². The second kappa shape index (κ2) is 6.24. The monoisotopic (exact) mass is 398 g/mol. The van der Waals surface area contributed by atoms with E-state index >= 15 is 0 Å². The van der Waals surface area contributed by atoms with Gasteiger partial charge in [-0.25, -0.2) is 0 Å². The fourth-order valence-corrected chi connectivity index (χ4v) is 4.33. The molecule has 0 aromatic heterocycles. The highest BCUT2D eigenvalue weighted by molar-refractivity contribution is 14.1. The highest BCUT2D eigenvalue weighted by Crippen LogP contribution is 2.36. The van der Waals surface area contributed by atoms with Crippen molar-refractivity contribution < 1.29 is 4.79 Å². The van der Waals surface area contributed by atoms with E-state index in [4.69, 9.17) is 0 Å². The zero-order valence-corrected chi connectivity index (χ0v) is 14.8. The predicted octanol–water partition coefficient (Wildman–Crippen LogP) is 3.21. The van der Waals surface area contributed by atoms with Crippen LogP contribution in [0.15, 0.2) is 18.2 Å². The van der Waals surface area contributed by atoms with E-state index in [9.17, 15) is 4.79 Å². The standard InChI is InChI=1S/C17H23IN2O/c1-13-5-2-6-14(15(13)18)16(21)20-10-4-8-17(12-20)7-3-9-19-11-17/h2,5-6,19H,3-4,7-12H2,1H3. The molecule has 0 aliphatic carbocycles. The van der Waals surface area contributed by atoms with E-state index in [1.165, 1.54) is 24.8 Å². The summed E-state index contributed by atoms with van der Waals surface area (Å²) in [6, 6.07) is 6.03. The van der Waals surface area contributed by atoms with Gasteiger partial charge in [-0.1, -0.05) is 12.1 Å². The number of nitrogens with one attached hydrogen (secondary N) is 1. The molecule has 2 saturated heterocycles. The van der Waals surface area contributed by atoms with Gasteiger partial charge < -0.3 is 10.2 Å². The third-order valence-electron chi connectivity index (χ3n) is 4.93. The molecule has 2 fully saturated rings. The van der Waals surface area contributed by atoms with Gasteiger partial charge in [-0.3, -0.25) is 4.79 Å². The van der Waals surface area contributed by atoms with Gasteiger partial charge >= 0.3 is 0 Å². The summed E-state index contributed by atoms with van der Waals surface area (Å²) in [5, 5.41) is 3.53. The van der Waals surface area contributed by atoms with Crippen molar-refractivity contribution in [3.63, 3.8) is 0 Å². The topological polar surface area (TPSA) is 32.3 Å². The van der Waals surface area contributed by atoms with Gasteiger partial charge in [0.1, 0.15) is 0 Å². The van der Waals surface area contributed by atoms with Crippen LogP contribution in [0.25, 0.3) is 0 Å². The van der Waals surface area contributed by atoms with Crippen molar-refractivity contribution >= 4 is 28.5 Å². The first kappa shape index (κ1) is 15.3. The molecule has 1 aromatic carbocycles. The highest BCUT2D eigenvalue weighted by atomic mass is 127. The Labute approximate surface area is 140 Å². The minimum Gasteiger partial charge on any atom is -0.338 e. The molecule has 1 N–H and O–H groups in total. The summed E-state index contributed by atoms with van der Waals surface area (Å²) in [6.07, 6.45) is 4.89. The molecule has 1 amide bonds. The van der Waals surface area contributed by atoms with E-state index in [-0.39, 0.29) is 5.91 Å². The largest absolute Gasteiger partial charge is 0.338 e. The van der Waals surface area contributed by atoms with Crippen LogP contribution in [-0.2, 0) is 0 Å². The van der Waals surface area contributed by atoms with Crippen LogP contribution >= 0.6 is 22.6 Å². The van der Waals surface area contributed by atoms with Crippen LogP contribution in [0.1, 0.15) is 41.6 Å². The first-order valence-electron chi connectivity index (χ1n) is 7.86. The smallest absolute Gasteiger partial charge is 0.254 e. The Kier molecular flexibility index (Phi) is 4.54. The minimum absolute atomic E-state index is 0.216. The number of nitrogens with zero attached hydrogens (tertiary/aromatic N) is 1. The summed E-state index contributed by atoms with van der Waals surface area (Å²) in [5.41, 5.74) is 2.38. The van der Waals surface area contributed by atoms with Crippen LogP contribution in [-0.4, -0.2) is 37.0 Å². The van der Waals surface area contributed by atoms with E-state index in [0.717, 1.165) is 41.7 Å². The molecule has 1 aromatic rings. The average molecular weight is 398 g/mol. The van der Waals surface area contributed by atoms with Crippen molar-refractivity contribution in [3.05, 3.63) is 32.9 Å². The maximum atomic E-state index is 12.9. The lowest BCUT2D eigenvalue weighted by molar-refractivity contribution is 0.0433. The van der Waals surface area contributed by atoms with Gasteiger partial charge in [0.15, 0.2) is 0 Å². The average Bonchev–Trinajstić information content (AvgIpc) is 2.50. The summed E-state index contributed by atoms with van der Waals surface area (Å²) in [6.45, 7) is 6.10. The second-order valence-corrected chi connectivity index (χ2v) is 7.63. The molecule has 1 unspecified atom stereocenters.